The van der Waals surface area contributed by atoms with E-state index in [1.54, 1.807) is 0 Å². The molecule has 0 unspecified atom stereocenters. The smallest absolute Gasteiger partial charge is 0.0431 e. The Hall–Kier alpha value is -0.120. The van der Waals surface area contributed by atoms with Crippen molar-refractivity contribution in [2.24, 2.45) is 11.8 Å². The van der Waals surface area contributed by atoms with Crippen LogP contribution in [0.4, 0.5) is 0 Å². The van der Waals surface area contributed by atoms with Crippen LogP contribution in [0.15, 0.2) is 0 Å². The van der Waals surface area contributed by atoms with Crippen molar-refractivity contribution >= 4 is 0 Å². The van der Waals surface area contributed by atoms with Gasteiger partial charge in [-0.3, -0.25) is 4.90 Å². The van der Waals surface area contributed by atoms with Gasteiger partial charge in [0.05, 0.1) is 0 Å². The van der Waals surface area contributed by atoms with Gasteiger partial charge in [-0.05, 0) is 57.0 Å². The van der Waals surface area contributed by atoms with Gasteiger partial charge in [-0.2, -0.15) is 0 Å². The fourth-order valence-corrected chi connectivity index (χ4v) is 4.45. The minimum Gasteiger partial charge on any atom is -0.396 e. The number of piperidine rings is 1. The van der Waals surface area contributed by atoms with Crippen LogP contribution in [-0.4, -0.2) is 60.3 Å². The molecule has 0 spiro atoms. The average molecular weight is 252 g/mol. The summed E-state index contributed by atoms with van der Waals surface area (Å²) in [5.74, 6) is 1.94. The standard InChI is InChI=1S/C15H28N2O/c18-9-5-1-3-7-16-10-13-11-17-8-4-2-6-15(17)14(13)12-16/h13-15,18H,1-12H2/t13-,14+,15+/m1/s1. The topological polar surface area (TPSA) is 26.7 Å². The van der Waals surface area contributed by atoms with Crippen molar-refractivity contribution < 1.29 is 5.11 Å². The summed E-state index contributed by atoms with van der Waals surface area (Å²) in [5.41, 5.74) is 0. The normalized spacial score (nSPS) is 36.8. The van der Waals surface area contributed by atoms with Crippen molar-refractivity contribution in [3.63, 3.8) is 0 Å². The molecule has 0 aromatic heterocycles. The summed E-state index contributed by atoms with van der Waals surface area (Å²) in [6.45, 7) is 7.07. The Morgan fingerprint density at radius 1 is 1.00 bits per heavy atom. The van der Waals surface area contributed by atoms with Crippen LogP contribution in [0.1, 0.15) is 38.5 Å². The maximum atomic E-state index is 8.80. The Morgan fingerprint density at radius 2 is 1.94 bits per heavy atom. The molecule has 18 heavy (non-hydrogen) atoms. The summed E-state index contributed by atoms with van der Waals surface area (Å²) in [5, 5.41) is 8.80. The Balaban J connectivity index is 1.45. The molecule has 0 bridgehead atoms. The maximum Gasteiger partial charge on any atom is 0.0431 e. The Labute approximate surface area is 111 Å². The van der Waals surface area contributed by atoms with Gasteiger partial charge in [-0.1, -0.05) is 6.42 Å². The van der Waals surface area contributed by atoms with Crippen LogP contribution < -0.4 is 0 Å². The Morgan fingerprint density at radius 3 is 2.83 bits per heavy atom. The fourth-order valence-electron chi connectivity index (χ4n) is 4.45. The van der Waals surface area contributed by atoms with E-state index in [2.05, 4.69) is 9.80 Å². The van der Waals surface area contributed by atoms with Crippen LogP contribution in [0.5, 0.6) is 0 Å². The minimum absolute atomic E-state index is 0.363. The molecular formula is C15H28N2O. The molecule has 1 N–H and O–H groups in total. The molecule has 3 nitrogen and oxygen atoms in total. The van der Waals surface area contributed by atoms with Gasteiger partial charge in [0, 0.05) is 32.3 Å². The van der Waals surface area contributed by atoms with Crippen LogP contribution in [0, 0.1) is 11.8 Å². The zero-order valence-electron chi connectivity index (χ0n) is 11.6. The number of rotatable bonds is 5. The van der Waals surface area contributed by atoms with Crippen LogP contribution in [0.3, 0.4) is 0 Å². The summed E-state index contributed by atoms with van der Waals surface area (Å²) in [6, 6.07) is 0.922. The summed E-state index contributed by atoms with van der Waals surface area (Å²) in [4.78, 5) is 5.47. The largest absolute Gasteiger partial charge is 0.396 e. The van der Waals surface area contributed by atoms with Crippen molar-refractivity contribution in [3.8, 4) is 0 Å². The van der Waals surface area contributed by atoms with Crippen molar-refractivity contribution in [1.82, 2.24) is 9.80 Å². The SMILES string of the molecule is OCCCCCN1C[C@@H]2CN3CCCC[C@H]3[C@H]2C1. The van der Waals surface area contributed by atoms with Crippen molar-refractivity contribution in [2.75, 3.05) is 39.3 Å². The van der Waals surface area contributed by atoms with Crippen molar-refractivity contribution in [3.05, 3.63) is 0 Å². The van der Waals surface area contributed by atoms with Gasteiger partial charge in [-0.25, -0.2) is 0 Å². The molecule has 3 atom stereocenters. The van der Waals surface area contributed by atoms with E-state index in [4.69, 9.17) is 5.11 Å². The number of hydrogen-bond acceptors (Lipinski definition) is 3. The monoisotopic (exact) mass is 252 g/mol. The fraction of sp³-hybridized carbons (Fsp3) is 1.00. The highest BCUT2D eigenvalue weighted by molar-refractivity contribution is 5.00. The number of aliphatic hydroxyl groups excluding tert-OH is 1. The highest BCUT2D eigenvalue weighted by Crippen LogP contribution is 2.40. The predicted molar refractivity (Wildman–Crippen MR) is 73.6 cm³/mol. The molecule has 3 aliphatic rings. The molecule has 3 rings (SSSR count). The zero-order chi connectivity index (χ0) is 12.4. The van der Waals surface area contributed by atoms with E-state index in [-0.39, 0.29) is 0 Å². The van der Waals surface area contributed by atoms with E-state index in [9.17, 15) is 0 Å². The van der Waals surface area contributed by atoms with Gasteiger partial charge in [0.15, 0.2) is 0 Å². The van der Waals surface area contributed by atoms with Gasteiger partial charge in [0.25, 0.3) is 0 Å². The molecule has 3 heterocycles. The lowest BCUT2D eigenvalue weighted by molar-refractivity contribution is 0.153. The molecule has 3 fully saturated rings. The zero-order valence-corrected chi connectivity index (χ0v) is 11.6. The van der Waals surface area contributed by atoms with Gasteiger partial charge >= 0.3 is 0 Å². The Bertz CT molecular complexity index is 271. The second-order valence-corrected chi connectivity index (χ2v) is 6.53. The van der Waals surface area contributed by atoms with E-state index in [0.29, 0.717) is 6.61 Å². The number of fused-ring (bicyclic) bond motifs is 3. The van der Waals surface area contributed by atoms with E-state index >= 15 is 0 Å². The summed E-state index contributed by atoms with van der Waals surface area (Å²) >= 11 is 0. The highest BCUT2D eigenvalue weighted by atomic mass is 16.2. The van der Waals surface area contributed by atoms with E-state index < -0.39 is 0 Å². The molecule has 104 valence electrons. The van der Waals surface area contributed by atoms with Gasteiger partial charge < -0.3 is 10.0 Å². The van der Waals surface area contributed by atoms with Gasteiger partial charge in [-0.15, -0.1) is 0 Å². The molecule has 3 aliphatic heterocycles. The molecule has 0 amide bonds. The molecule has 3 saturated heterocycles. The quantitative estimate of drug-likeness (QED) is 0.752. The van der Waals surface area contributed by atoms with Crippen LogP contribution in [-0.2, 0) is 0 Å². The molecule has 0 aromatic rings. The third-order valence-electron chi connectivity index (χ3n) is 5.33. The molecular weight excluding hydrogens is 224 g/mol. The predicted octanol–water partition coefficient (Wildman–Crippen LogP) is 1.57. The maximum absolute atomic E-state index is 8.80. The van der Waals surface area contributed by atoms with Crippen molar-refractivity contribution in [1.29, 1.82) is 0 Å². The van der Waals surface area contributed by atoms with E-state index in [1.807, 2.05) is 0 Å². The lowest BCUT2D eigenvalue weighted by Crippen LogP contribution is -2.39. The van der Waals surface area contributed by atoms with Crippen LogP contribution in [0.25, 0.3) is 0 Å². The van der Waals surface area contributed by atoms with E-state index in [1.165, 1.54) is 64.8 Å². The summed E-state index contributed by atoms with van der Waals surface area (Å²) < 4.78 is 0. The third kappa shape index (κ3) is 2.59. The number of unbranched alkanes of at least 4 members (excludes halogenated alkanes) is 2. The number of aliphatic hydroxyl groups is 1. The highest BCUT2D eigenvalue weighted by Gasteiger charge is 2.46. The minimum atomic E-state index is 0.363. The summed E-state index contributed by atoms with van der Waals surface area (Å²) in [7, 11) is 0. The summed E-state index contributed by atoms with van der Waals surface area (Å²) in [6.07, 6.45) is 7.80. The first-order valence-corrected chi connectivity index (χ1v) is 7.96. The first-order valence-electron chi connectivity index (χ1n) is 7.96. The second-order valence-electron chi connectivity index (χ2n) is 6.53. The van der Waals surface area contributed by atoms with Crippen LogP contribution in [0.2, 0.25) is 0 Å². The van der Waals surface area contributed by atoms with Gasteiger partial charge in [0.2, 0.25) is 0 Å². The molecule has 3 heteroatoms. The average Bonchev–Trinajstić information content (AvgIpc) is 2.91. The third-order valence-corrected chi connectivity index (χ3v) is 5.33. The lowest BCUT2D eigenvalue weighted by Gasteiger charge is -2.33. The number of nitrogens with zero attached hydrogens (tertiary/aromatic N) is 2. The van der Waals surface area contributed by atoms with Crippen LogP contribution >= 0.6 is 0 Å². The number of hydrogen-bond donors (Lipinski definition) is 1. The van der Waals surface area contributed by atoms with Crippen molar-refractivity contribution in [2.45, 2.75) is 44.6 Å². The first kappa shape index (κ1) is 12.9. The Kier molecular flexibility index (Phi) is 4.22. The first-order chi connectivity index (χ1) is 8.88. The molecule has 0 saturated carbocycles. The molecule has 0 radical (unpaired) electrons. The second kappa shape index (κ2) is 5.89. The van der Waals surface area contributed by atoms with E-state index in [0.717, 1.165) is 24.3 Å². The number of likely N-dealkylation sites (tertiary alicyclic amines) is 1. The molecule has 0 aromatic carbocycles. The van der Waals surface area contributed by atoms with Gasteiger partial charge in [0.1, 0.15) is 0 Å². The molecule has 0 aliphatic carbocycles. The lowest BCUT2D eigenvalue weighted by atomic mass is 9.90.